The first kappa shape index (κ1) is 28.1. The Hall–Kier alpha value is -2.19. The van der Waals surface area contributed by atoms with Crippen molar-refractivity contribution in [1.82, 2.24) is 0 Å². The van der Waals surface area contributed by atoms with Crippen LogP contribution in [0.2, 0.25) is 20.1 Å². The lowest BCUT2D eigenvalue weighted by molar-refractivity contribution is -0.153. The Morgan fingerprint density at radius 1 is 0.647 bits per heavy atom. The summed E-state index contributed by atoms with van der Waals surface area (Å²) in [7, 11) is 0. The highest BCUT2D eigenvalue weighted by Crippen LogP contribution is 2.28. The molecule has 0 aliphatic carbocycles. The number of ether oxygens (including phenoxy) is 4. The standard InChI is InChI=1S/C23H22Cl4O7/c24-15-5-7-20(18(26)11-15)31-9-1-3-22(29)33-13-17(28)14-34-23(30)4-2-10-32-21-8-6-16(25)12-19(21)27/h5-8,11-12H,1-4,9-10,13-14H2. The predicted molar refractivity (Wildman–Crippen MR) is 129 cm³/mol. The molecule has 7 nitrogen and oxygen atoms in total. The zero-order chi connectivity index (χ0) is 24.9. The van der Waals surface area contributed by atoms with Gasteiger partial charge in [0.05, 0.1) is 23.3 Å². The van der Waals surface area contributed by atoms with Gasteiger partial charge in [-0.25, -0.2) is 0 Å². The quantitative estimate of drug-likeness (QED) is 0.211. The van der Waals surface area contributed by atoms with Crippen LogP contribution in [0.25, 0.3) is 0 Å². The van der Waals surface area contributed by atoms with E-state index in [1.54, 1.807) is 36.4 Å². The van der Waals surface area contributed by atoms with Crippen molar-refractivity contribution in [2.24, 2.45) is 0 Å². The van der Waals surface area contributed by atoms with Gasteiger partial charge in [-0.05, 0) is 49.2 Å². The molecule has 0 spiro atoms. The Bertz CT molecular complexity index is 920. The normalized spacial score (nSPS) is 10.5. The molecule has 11 heteroatoms. The van der Waals surface area contributed by atoms with Crippen LogP contribution in [-0.2, 0) is 23.9 Å². The second-order valence-electron chi connectivity index (χ2n) is 6.91. The van der Waals surface area contributed by atoms with Gasteiger partial charge in [0.2, 0.25) is 5.78 Å². The SMILES string of the molecule is O=C(COC(=O)CCCOc1ccc(Cl)cc1Cl)COC(=O)CCCOc1ccc(Cl)cc1Cl. The minimum Gasteiger partial charge on any atom is -0.492 e. The van der Waals surface area contributed by atoms with Crippen molar-refractivity contribution in [3.63, 3.8) is 0 Å². The molecular weight excluding hydrogens is 530 g/mol. The molecule has 0 bridgehead atoms. The monoisotopic (exact) mass is 550 g/mol. The molecule has 0 N–H and O–H groups in total. The molecule has 0 aliphatic rings. The zero-order valence-electron chi connectivity index (χ0n) is 18.0. The van der Waals surface area contributed by atoms with E-state index in [-0.39, 0.29) is 26.1 Å². The summed E-state index contributed by atoms with van der Waals surface area (Å²) >= 11 is 23.6. The van der Waals surface area contributed by atoms with Crippen LogP contribution in [-0.4, -0.2) is 44.1 Å². The highest BCUT2D eigenvalue weighted by Gasteiger charge is 2.12. The maximum absolute atomic E-state index is 11.8. The average Bonchev–Trinajstić information content (AvgIpc) is 2.79. The summed E-state index contributed by atoms with van der Waals surface area (Å²) in [6.07, 6.45) is 0.834. The van der Waals surface area contributed by atoms with Crippen LogP contribution in [0.15, 0.2) is 36.4 Å². The molecule has 2 aromatic rings. The molecule has 0 saturated heterocycles. The van der Waals surface area contributed by atoms with Crippen molar-refractivity contribution in [2.45, 2.75) is 25.7 Å². The van der Waals surface area contributed by atoms with Gasteiger partial charge >= 0.3 is 11.9 Å². The van der Waals surface area contributed by atoms with Gasteiger partial charge in [0.15, 0.2) is 13.2 Å². The van der Waals surface area contributed by atoms with Crippen LogP contribution in [0.4, 0.5) is 0 Å². The molecule has 0 saturated carbocycles. The summed E-state index contributed by atoms with van der Waals surface area (Å²) in [6.45, 7) is -0.492. The molecule has 0 unspecified atom stereocenters. The van der Waals surface area contributed by atoms with Crippen LogP contribution in [0, 0.1) is 0 Å². The number of ketones is 1. The van der Waals surface area contributed by atoms with E-state index in [4.69, 9.17) is 65.4 Å². The van der Waals surface area contributed by atoms with E-state index in [0.717, 1.165) is 0 Å². The number of esters is 2. The largest absolute Gasteiger partial charge is 0.492 e. The molecule has 0 aromatic heterocycles. The smallest absolute Gasteiger partial charge is 0.306 e. The minimum atomic E-state index is -0.566. The fraction of sp³-hybridized carbons (Fsp3) is 0.348. The highest BCUT2D eigenvalue weighted by atomic mass is 35.5. The van der Waals surface area contributed by atoms with Gasteiger partial charge < -0.3 is 18.9 Å². The van der Waals surface area contributed by atoms with E-state index < -0.39 is 30.9 Å². The molecule has 0 radical (unpaired) electrons. The van der Waals surface area contributed by atoms with Crippen molar-refractivity contribution >= 4 is 64.1 Å². The van der Waals surface area contributed by atoms with Gasteiger partial charge in [0.1, 0.15) is 11.5 Å². The molecule has 0 aliphatic heterocycles. The second-order valence-corrected chi connectivity index (χ2v) is 8.60. The summed E-state index contributed by atoms with van der Waals surface area (Å²) < 4.78 is 20.7. The van der Waals surface area contributed by atoms with E-state index in [2.05, 4.69) is 0 Å². The molecule has 0 heterocycles. The lowest BCUT2D eigenvalue weighted by Gasteiger charge is -2.09. The van der Waals surface area contributed by atoms with Gasteiger partial charge in [0.25, 0.3) is 0 Å². The number of benzene rings is 2. The van der Waals surface area contributed by atoms with Crippen molar-refractivity contribution < 1.29 is 33.3 Å². The molecule has 2 aromatic carbocycles. The third-order valence-corrected chi connectivity index (χ3v) is 5.20. The summed E-state index contributed by atoms with van der Waals surface area (Å²) in [5.74, 6) is -0.754. The maximum Gasteiger partial charge on any atom is 0.306 e. The van der Waals surface area contributed by atoms with Crippen molar-refractivity contribution in [3.8, 4) is 11.5 Å². The summed E-state index contributed by atoms with van der Waals surface area (Å²) in [6, 6.07) is 9.64. The maximum atomic E-state index is 11.8. The van der Waals surface area contributed by atoms with Crippen LogP contribution in [0.3, 0.4) is 0 Å². The first-order chi connectivity index (χ1) is 16.2. The van der Waals surface area contributed by atoms with Crippen LogP contribution >= 0.6 is 46.4 Å². The predicted octanol–water partition coefficient (Wildman–Crippen LogP) is 5.97. The van der Waals surface area contributed by atoms with Crippen molar-refractivity contribution in [3.05, 3.63) is 56.5 Å². The molecule has 0 fully saturated rings. The number of hydrogen-bond acceptors (Lipinski definition) is 7. The number of carbonyl (C=O) groups excluding carboxylic acids is 3. The Kier molecular flexibility index (Phi) is 12.3. The van der Waals surface area contributed by atoms with Crippen LogP contribution < -0.4 is 9.47 Å². The molecule has 184 valence electrons. The van der Waals surface area contributed by atoms with Gasteiger partial charge in [-0.15, -0.1) is 0 Å². The number of halogens is 4. The highest BCUT2D eigenvalue weighted by molar-refractivity contribution is 6.36. The lowest BCUT2D eigenvalue weighted by atomic mass is 10.3. The molecule has 2 rings (SSSR count). The number of Topliss-reactive ketones (excluding diaryl/α,β-unsaturated/α-hetero) is 1. The minimum absolute atomic E-state index is 0.0515. The second kappa shape index (κ2) is 14.9. The third-order valence-electron chi connectivity index (χ3n) is 4.14. The number of hydrogen-bond donors (Lipinski definition) is 0. The molecule has 0 atom stereocenters. The van der Waals surface area contributed by atoms with Crippen LogP contribution in [0.1, 0.15) is 25.7 Å². The Balaban J connectivity index is 1.51. The Morgan fingerprint density at radius 3 is 1.44 bits per heavy atom. The molecule has 0 amide bonds. The third kappa shape index (κ3) is 10.8. The fourth-order valence-corrected chi connectivity index (χ4v) is 3.42. The van der Waals surface area contributed by atoms with Gasteiger partial charge in [0, 0.05) is 22.9 Å². The van der Waals surface area contributed by atoms with E-state index >= 15 is 0 Å². The zero-order valence-corrected chi connectivity index (χ0v) is 21.0. The Labute approximate surface area is 217 Å². The van der Waals surface area contributed by atoms with Gasteiger partial charge in [-0.2, -0.15) is 0 Å². The molecular formula is C23H22Cl4O7. The topological polar surface area (TPSA) is 88.1 Å². The van der Waals surface area contributed by atoms with Gasteiger partial charge in [-0.1, -0.05) is 46.4 Å². The summed E-state index contributed by atoms with van der Waals surface area (Å²) in [4.78, 5) is 35.2. The van der Waals surface area contributed by atoms with Gasteiger partial charge in [-0.3, -0.25) is 14.4 Å². The lowest BCUT2D eigenvalue weighted by Crippen LogP contribution is -2.21. The summed E-state index contributed by atoms with van der Waals surface area (Å²) in [5.41, 5.74) is 0. The fourth-order valence-electron chi connectivity index (χ4n) is 2.49. The first-order valence-electron chi connectivity index (χ1n) is 10.2. The number of carbonyl (C=O) groups is 3. The van der Waals surface area contributed by atoms with Crippen LogP contribution in [0.5, 0.6) is 11.5 Å². The van der Waals surface area contributed by atoms with E-state index in [1.807, 2.05) is 0 Å². The Morgan fingerprint density at radius 2 is 1.06 bits per heavy atom. The number of rotatable bonds is 14. The summed E-state index contributed by atoms with van der Waals surface area (Å²) in [5, 5.41) is 1.72. The van der Waals surface area contributed by atoms with Crippen molar-refractivity contribution in [2.75, 3.05) is 26.4 Å². The van der Waals surface area contributed by atoms with E-state index in [1.165, 1.54) is 0 Å². The first-order valence-corrected chi connectivity index (χ1v) is 11.7. The average molecular weight is 552 g/mol. The van der Waals surface area contributed by atoms with E-state index in [9.17, 15) is 14.4 Å². The van der Waals surface area contributed by atoms with Crippen molar-refractivity contribution in [1.29, 1.82) is 0 Å². The van der Waals surface area contributed by atoms with E-state index in [0.29, 0.717) is 44.4 Å². The molecule has 34 heavy (non-hydrogen) atoms.